The molecule has 0 aliphatic carbocycles. The number of hydrogen-bond donors (Lipinski definition) is 1. The first-order chi connectivity index (χ1) is 5.99. The van der Waals surface area contributed by atoms with E-state index in [0.29, 0.717) is 12.3 Å². The van der Waals surface area contributed by atoms with E-state index in [9.17, 15) is 0 Å². The Morgan fingerprint density at radius 2 is 2.00 bits per heavy atom. The topological polar surface area (TPSA) is 20.2 Å². The molecule has 0 aromatic carbocycles. The average molecular weight is 160 g/mol. The zero-order chi connectivity index (χ0) is 10.3. The van der Waals surface area contributed by atoms with Gasteiger partial charge < -0.3 is 5.11 Å². The first-order valence-corrected chi connectivity index (χ1v) is 4.60. The molecule has 0 radical (unpaired) electrons. The van der Waals surface area contributed by atoms with Crippen LogP contribution in [0.1, 0.15) is 55.1 Å². The van der Waals surface area contributed by atoms with Gasteiger partial charge in [0.2, 0.25) is 0 Å². The zero-order valence-corrected chi connectivity index (χ0v) is 7.77. The van der Waals surface area contributed by atoms with Crippen LogP contribution in [0.25, 0.3) is 0 Å². The van der Waals surface area contributed by atoms with Crippen molar-refractivity contribution in [3.8, 4) is 0 Å². The number of aliphatic hydroxyl groups excluding tert-OH is 1. The summed E-state index contributed by atoms with van der Waals surface area (Å²) in [5, 5.41) is 8.69. The summed E-state index contributed by atoms with van der Waals surface area (Å²) in [5.41, 5.74) is 0. The van der Waals surface area contributed by atoms with Crippen molar-refractivity contribution in [1.82, 2.24) is 0 Å². The summed E-state index contributed by atoms with van der Waals surface area (Å²) in [5.74, 6) is 0.442. The number of aliphatic hydroxyl groups is 1. The Hall–Kier alpha value is -0.0400. The first-order valence-electron chi connectivity index (χ1n) is 5.60. The van der Waals surface area contributed by atoms with Gasteiger partial charge in [-0.2, -0.15) is 0 Å². The van der Waals surface area contributed by atoms with Crippen molar-refractivity contribution < 1.29 is 7.85 Å². The predicted molar refractivity (Wildman–Crippen MR) is 49.6 cm³/mol. The molecule has 68 valence electrons. The van der Waals surface area contributed by atoms with E-state index in [0.717, 1.165) is 25.7 Å². The van der Waals surface area contributed by atoms with E-state index < -0.39 is 6.37 Å². The highest BCUT2D eigenvalue weighted by Gasteiger charge is 2.04. The third kappa shape index (κ3) is 6.36. The summed E-state index contributed by atoms with van der Waals surface area (Å²) in [6.45, 7) is 3.98. The van der Waals surface area contributed by atoms with Gasteiger partial charge in [0.15, 0.2) is 0 Å². The zero-order valence-electron chi connectivity index (χ0n) is 9.77. The summed E-state index contributed by atoms with van der Waals surface area (Å²) < 4.78 is 15.0. The average Bonchev–Trinajstić information content (AvgIpc) is 1.98. The maximum atomic E-state index is 8.69. The molecule has 0 amide bonds. The molecule has 1 heteroatoms. The van der Waals surface area contributed by atoms with Gasteiger partial charge in [0.25, 0.3) is 0 Å². The summed E-state index contributed by atoms with van der Waals surface area (Å²) in [6.07, 6.45) is 3.51. The summed E-state index contributed by atoms with van der Waals surface area (Å²) in [6, 6.07) is 0. The third-order valence-corrected chi connectivity index (χ3v) is 1.96. The van der Waals surface area contributed by atoms with Gasteiger partial charge >= 0.3 is 0 Å². The van der Waals surface area contributed by atoms with Crippen LogP contribution in [0.5, 0.6) is 0 Å². The summed E-state index contributed by atoms with van der Waals surface area (Å²) in [7, 11) is 0. The van der Waals surface area contributed by atoms with Crippen molar-refractivity contribution >= 4 is 0 Å². The fraction of sp³-hybridized carbons (Fsp3) is 1.00. The van der Waals surface area contributed by atoms with Gasteiger partial charge in [-0.1, -0.05) is 39.5 Å². The molecule has 0 heterocycles. The minimum atomic E-state index is -1.06. The molecule has 0 bridgehead atoms. The molecule has 0 aliphatic heterocycles. The molecule has 0 saturated carbocycles. The quantitative estimate of drug-likeness (QED) is 0.607. The lowest BCUT2D eigenvalue weighted by atomic mass is 9.94. The molecular weight excluding hydrogens is 136 g/mol. The van der Waals surface area contributed by atoms with Crippen molar-refractivity contribution in [1.29, 1.82) is 0 Å². The molecular formula is C10H22O. The van der Waals surface area contributed by atoms with Gasteiger partial charge in [0, 0.05) is 9.35 Å². The standard InChI is InChI=1S/C10H22O/c1-3-6-10(7-4-2)8-5-9-11/h10-11H,3-9H2,1-2H3/i3D2/t10-/m1/s1. The van der Waals surface area contributed by atoms with Crippen molar-refractivity contribution in [2.45, 2.75) is 52.3 Å². The lowest BCUT2D eigenvalue weighted by molar-refractivity contribution is 0.264. The smallest absolute Gasteiger partial charge is 0.0431 e. The molecule has 0 aromatic rings. The predicted octanol–water partition coefficient (Wildman–Crippen LogP) is 2.98. The SMILES string of the molecule is [2H]C([2H])(C)C[C@H](CCC)CCCO. The third-order valence-electron chi connectivity index (χ3n) is 1.96. The molecule has 0 fully saturated rings. The normalized spacial score (nSPS) is 17.4. The van der Waals surface area contributed by atoms with E-state index in [1.165, 1.54) is 0 Å². The fourth-order valence-electron chi connectivity index (χ4n) is 1.43. The molecule has 1 atom stereocenters. The maximum absolute atomic E-state index is 8.69. The molecule has 0 rings (SSSR count). The monoisotopic (exact) mass is 160 g/mol. The van der Waals surface area contributed by atoms with E-state index >= 15 is 0 Å². The highest BCUT2D eigenvalue weighted by Crippen LogP contribution is 2.18. The van der Waals surface area contributed by atoms with Crippen LogP contribution in [0.3, 0.4) is 0 Å². The van der Waals surface area contributed by atoms with Crippen LogP contribution in [-0.4, -0.2) is 11.7 Å². The Labute approximate surface area is 73.6 Å². The summed E-state index contributed by atoms with van der Waals surface area (Å²) >= 11 is 0. The van der Waals surface area contributed by atoms with Gasteiger partial charge in [-0.05, 0) is 18.8 Å². The highest BCUT2D eigenvalue weighted by molar-refractivity contribution is 4.57. The first kappa shape index (κ1) is 7.60. The Morgan fingerprint density at radius 1 is 1.27 bits per heavy atom. The summed E-state index contributed by atoms with van der Waals surface area (Å²) in [4.78, 5) is 0. The van der Waals surface area contributed by atoms with Gasteiger partial charge in [-0.3, -0.25) is 0 Å². The largest absolute Gasteiger partial charge is 0.396 e. The molecule has 0 aromatic heterocycles. The van der Waals surface area contributed by atoms with Crippen LogP contribution in [0.4, 0.5) is 0 Å². The lowest BCUT2D eigenvalue weighted by Gasteiger charge is -2.13. The van der Waals surface area contributed by atoms with Crippen LogP contribution in [-0.2, 0) is 0 Å². The number of hydrogen-bond acceptors (Lipinski definition) is 1. The molecule has 11 heavy (non-hydrogen) atoms. The van der Waals surface area contributed by atoms with Gasteiger partial charge in [0.1, 0.15) is 0 Å². The Balaban J connectivity index is 3.79. The molecule has 1 nitrogen and oxygen atoms in total. The van der Waals surface area contributed by atoms with Gasteiger partial charge in [-0.15, -0.1) is 0 Å². The van der Waals surface area contributed by atoms with Crippen molar-refractivity contribution in [3.05, 3.63) is 0 Å². The molecule has 0 unspecified atom stereocenters. The maximum Gasteiger partial charge on any atom is 0.0431 e. The van der Waals surface area contributed by atoms with Gasteiger partial charge in [0.05, 0.1) is 0 Å². The highest BCUT2D eigenvalue weighted by atomic mass is 16.2. The van der Waals surface area contributed by atoms with Crippen LogP contribution in [0, 0.1) is 5.92 Å². The van der Waals surface area contributed by atoms with Crippen molar-refractivity contribution in [2.75, 3.05) is 6.61 Å². The van der Waals surface area contributed by atoms with Crippen LogP contribution >= 0.6 is 0 Å². The Kier molecular flexibility index (Phi) is 5.57. The Bertz CT molecular complexity index is 121. The van der Waals surface area contributed by atoms with E-state index in [1.807, 2.05) is 0 Å². The van der Waals surface area contributed by atoms with Crippen molar-refractivity contribution in [2.24, 2.45) is 5.92 Å². The second kappa shape index (κ2) is 8.06. The Morgan fingerprint density at radius 3 is 2.45 bits per heavy atom. The molecule has 0 saturated heterocycles. The van der Waals surface area contributed by atoms with E-state index in [2.05, 4.69) is 6.92 Å². The van der Waals surface area contributed by atoms with Gasteiger partial charge in [-0.25, -0.2) is 0 Å². The fourth-order valence-corrected chi connectivity index (χ4v) is 1.43. The second-order valence-corrected chi connectivity index (χ2v) is 3.08. The second-order valence-electron chi connectivity index (χ2n) is 3.08. The molecule has 0 spiro atoms. The minimum Gasteiger partial charge on any atom is -0.396 e. The van der Waals surface area contributed by atoms with Crippen molar-refractivity contribution in [3.63, 3.8) is 0 Å². The van der Waals surface area contributed by atoms with Crippen LogP contribution in [0.15, 0.2) is 0 Å². The van der Waals surface area contributed by atoms with E-state index in [4.69, 9.17) is 7.85 Å². The van der Waals surface area contributed by atoms with Crippen LogP contribution < -0.4 is 0 Å². The molecule has 0 aliphatic rings. The molecule has 1 N–H and O–H groups in total. The van der Waals surface area contributed by atoms with E-state index in [-0.39, 0.29) is 6.61 Å². The minimum absolute atomic E-state index is 0.229. The van der Waals surface area contributed by atoms with Crippen LogP contribution in [0.2, 0.25) is 0 Å². The number of rotatable bonds is 7. The lowest BCUT2D eigenvalue weighted by Crippen LogP contribution is -2.00. The van der Waals surface area contributed by atoms with E-state index in [1.54, 1.807) is 6.92 Å².